The van der Waals surface area contributed by atoms with Crippen LogP contribution in [0.3, 0.4) is 0 Å². The van der Waals surface area contributed by atoms with Crippen LogP contribution in [-0.2, 0) is 14.3 Å². The van der Waals surface area contributed by atoms with Crippen LogP contribution in [0, 0.1) is 5.92 Å². The minimum atomic E-state index is -0.291. The van der Waals surface area contributed by atoms with Gasteiger partial charge in [0.15, 0.2) is 0 Å². The monoisotopic (exact) mass is 158 g/mol. The minimum absolute atomic E-state index is 0.129. The molecule has 11 heavy (non-hydrogen) atoms. The number of hydrogen-bond donors (Lipinski definition) is 0. The molecule has 0 amide bonds. The highest BCUT2D eigenvalue weighted by molar-refractivity contribution is 5.75. The molecule has 0 radical (unpaired) electrons. The lowest BCUT2D eigenvalue weighted by atomic mass is 10.1. The third kappa shape index (κ3) is 7.03. The van der Waals surface area contributed by atoms with E-state index in [0.29, 0.717) is 13.0 Å². The summed E-state index contributed by atoms with van der Waals surface area (Å²) in [5, 5.41) is 0. The minimum Gasteiger partial charge on any atom is -0.466 e. The van der Waals surface area contributed by atoms with Crippen molar-refractivity contribution in [2.45, 2.75) is 27.2 Å². The Hall–Kier alpha value is -0.860. The highest BCUT2D eigenvalue weighted by Gasteiger charge is 2.06. The number of carbonyl (C=O) groups excluding carboxylic acids is 2. The summed E-state index contributed by atoms with van der Waals surface area (Å²) in [6, 6.07) is 0. The first-order valence-electron chi connectivity index (χ1n) is 3.65. The second-order valence-corrected chi connectivity index (χ2v) is 2.81. The Bertz CT molecular complexity index is 151. The maximum absolute atomic E-state index is 10.6. The van der Waals surface area contributed by atoms with Crippen molar-refractivity contribution in [1.82, 2.24) is 0 Å². The quantitative estimate of drug-likeness (QED) is 0.577. The topological polar surface area (TPSA) is 43.4 Å². The molecule has 1 unspecified atom stereocenters. The van der Waals surface area contributed by atoms with Gasteiger partial charge in [-0.05, 0) is 12.8 Å². The van der Waals surface area contributed by atoms with Crippen LogP contribution in [0.25, 0.3) is 0 Å². The summed E-state index contributed by atoms with van der Waals surface area (Å²) in [5.41, 5.74) is 0. The molecule has 64 valence electrons. The summed E-state index contributed by atoms with van der Waals surface area (Å²) in [6.07, 6.45) is 0.479. The van der Waals surface area contributed by atoms with Crippen LogP contribution in [-0.4, -0.2) is 18.4 Å². The second kappa shape index (κ2) is 4.88. The first-order valence-corrected chi connectivity index (χ1v) is 3.65. The number of carbonyl (C=O) groups is 2. The van der Waals surface area contributed by atoms with E-state index in [-0.39, 0.29) is 17.7 Å². The van der Waals surface area contributed by atoms with Gasteiger partial charge in [-0.2, -0.15) is 0 Å². The Morgan fingerprint density at radius 1 is 1.36 bits per heavy atom. The Labute approximate surface area is 66.7 Å². The molecule has 0 aliphatic carbocycles. The Morgan fingerprint density at radius 3 is 2.27 bits per heavy atom. The predicted molar refractivity (Wildman–Crippen MR) is 41.1 cm³/mol. The van der Waals surface area contributed by atoms with E-state index in [2.05, 4.69) is 0 Å². The molecular weight excluding hydrogens is 144 g/mol. The van der Waals surface area contributed by atoms with Gasteiger partial charge in [-0.15, -0.1) is 0 Å². The van der Waals surface area contributed by atoms with Crippen molar-refractivity contribution in [2.24, 2.45) is 5.92 Å². The molecule has 0 rings (SSSR count). The van der Waals surface area contributed by atoms with Gasteiger partial charge in [0, 0.05) is 13.3 Å². The number of rotatable bonds is 4. The van der Waals surface area contributed by atoms with Crippen molar-refractivity contribution in [3.05, 3.63) is 0 Å². The van der Waals surface area contributed by atoms with Crippen LogP contribution >= 0.6 is 0 Å². The number of esters is 1. The fraction of sp³-hybridized carbons (Fsp3) is 0.750. The third-order valence-electron chi connectivity index (χ3n) is 1.21. The summed E-state index contributed by atoms with van der Waals surface area (Å²) in [5.74, 6) is -0.0264. The molecule has 3 nitrogen and oxygen atoms in total. The molecule has 0 saturated carbocycles. The maximum atomic E-state index is 10.6. The fourth-order valence-electron chi connectivity index (χ4n) is 0.809. The van der Waals surface area contributed by atoms with E-state index in [9.17, 15) is 9.59 Å². The van der Waals surface area contributed by atoms with Crippen molar-refractivity contribution in [1.29, 1.82) is 0 Å². The van der Waals surface area contributed by atoms with E-state index < -0.39 is 0 Å². The summed E-state index contributed by atoms with van der Waals surface area (Å²) >= 11 is 0. The molecular formula is C8H14O3. The molecule has 0 heterocycles. The smallest absolute Gasteiger partial charge is 0.302 e. The van der Waals surface area contributed by atoms with Crippen LogP contribution in [0.5, 0.6) is 0 Å². The fourth-order valence-corrected chi connectivity index (χ4v) is 0.809. The molecule has 0 saturated heterocycles. The Balaban J connectivity index is 3.44. The molecule has 0 N–H and O–H groups in total. The second-order valence-electron chi connectivity index (χ2n) is 2.81. The highest BCUT2D eigenvalue weighted by atomic mass is 16.5. The van der Waals surface area contributed by atoms with Crippen molar-refractivity contribution in [2.75, 3.05) is 6.61 Å². The normalized spacial score (nSPS) is 12.3. The number of ether oxygens (including phenoxy) is 1. The van der Waals surface area contributed by atoms with E-state index in [4.69, 9.17) is 4.74 Å². The summed E-state index contributed by atoms with van der Waals surface area (Å²) in [7, 11) is 0. The zero-order valence-electron chi connectivity index (χ0n) is 7.22. The Kier molecular flexibility index (Phi) is 4.50. The average molecular weight is 158 g/mol. The standard InChI is InChI=1S/C8H14O3/c1-6(4-7(2)9)5-11-8(3)10/h6H,4-5H2,1-3H3. The van der Waals surface area contributed by atoms with Gasteiger partial charge < -0.3 is 9.53 Å². The van der Waals surface area contributed by atoms with Crippen LogP contribution < -0.4 is 0 Å². The van der Waals surface area contributed by atoms with Gasteiger partial charge >= 0.3 is 5.97 Å². The molecule has 0 fully saturated rings. The molecule has 0 aromatic heterocycles. The van der Waals surface area contributed by atoms with Crippen molar-refractivity contribution in [3.8, 4) is 0 Å². The van der Waals surface area contributed by atoms with E-state index >= 15 is 0 Å². The molecule has 0 aliphatic rings. The molecule has 0 aromatic carbocycles. The molecule has 1 atom stereocenters. The summed E-state index contributed by atoms with van der Waals surface area (Å²) in [6.45, 7) is 5.12. The van der Waals surface area contributed by atoms with Gasteiger partial charge in [-0.3, -0.25) is 4.79 Å². The number of hydrogen-bond acceptors (Lipinski definition) is 3. The van der Waals surface area contributed by atoms with Crippen molar-refractivity contribution in [3.63, 3.8) is 0 Å². The van der Waals surface area contributed by atoms with Gasteiger partial charge in [0.25, 0.3) is 0 Å². The SMILES string of the molecule is CC(=O)CC(C)COC(C)=O. The predicted octanol–water partition coefficient (Wildman–Crippen LogP) is 1.16. The molecule has 0 aromatic rings. The number of ketones is 1. The third-order valence-corrected chi connectivity index (χ3v) is 1.21. The highest BCUT2D eigenvalue weighted by Crippen LogP contribution is 2.02. The molecule has 0 bridgehead atoms. The molecule has 0 aliphatic heterocycles. The van der Waals surface area contributed by atoms with Gasteiger partial charge in [-0.25, -0.2) is 0 Å². The number of Topliss-reactive ketones (excluding diaryl/α,β-unsaturated/α-hetero) is 1. The maximum Gasteiger partial charge on any atom is 0.302 e. The first kappa shape index (κ1) is 10.1. The largest absolute Gasteiger partial charge is 0.466 e. The lowest BCUT2D eigenvalue weighted by Gasteiger charge is -2.07. The van der Waals surface area contributed by atoms with Crippen LogP contribution in [0.15, 0.2) is 0 Å². The molecule has 3 heteroatoms. The van der Waals surface area contributed by atoms with Gasteiger partial charge in [0.05, 0.1) is 6.61 Å². The van der Waals surface area contributed by atoms with Gasteiger partial charge in [0.2, 0.25) is 0 Å². The zero-order chi connectivity index (χ0) is 8.85. The van der Waals surface area contributed by atoms with Gasteiger partial charge in [-0.1, -0.05) is 6.92 Å². The Morgan fingerprint density at radius 2 is 1.91 bits per heavy atom. The molecule has 0 spiro atoms. The lowest BCUT2D eigenvalue weighted by Crippen LogP contribution is -2.11. The first-order chi connectivity index (χ1) is 5.02. The van der Waals surface area contributed by atoms with E-state index in [1.54, 1.807) is 0 Å². The van der Waals surface area contributed by atoms with E-state index in [0.717, 1.165) is 0 Å². The lowest BCUT2D eigenvalue weighted by molar-refractivity contribution is -0.142. The van der Waals surface area contributed by atoms with Crippen LogP contribution in [0.2, 0.25) is 0 Å². The van der Waals surface area contributed by atoms with Crippen molar-refractivity contribution >= 4 is 11.8 Å². The van der Waals surface area contributed by atoms with Crippen LogP contribution in [0.1, 0.15) is 27.2 Å². The van der Waals surface area contributed by atoms with Crippen LogP contribution in [0.4, 0.5) is 0 Å². The summed E-state index contributed by atoms with van der Waals surface area (Å²) < 4.78 is 4.71. The average Bonchev–Trinajstić information content (AvgIpc) is 1.82. The van der Waals surface area contributed by atoms with E-state index in [1.807, 2.05) is 6.92 Å². The van der Waals surface area contributed by atoms with Crippen molar-refractivity contribution < 1.29 is 14.3 Å². The zero-order valence-corrected chi connectivity index (χ0v) is 7.22. The van der Waals surface area contributed by atoms with Gasteiger partial charge in [0.1, 0.15) is 5.78 Å². The summed E-state index contributed by atoms with van der Waals surface area (Å²) in [4.78, 5) is 20.9. The van der Waals surface area contributed by atoms with E-state index in [1.165, 1.54) is 13.8 Å².